The van der Waals surface area contributed by atoms with Crippen LogP contribution in [0.3, 0.4) is 0 Å². The van der Waals surface area contributed by atoms with Gasteiger partial charge in [0.2, 0.25) is 5.88 Å². The van der Waals surface area contributed by atoms with Crippen LogP contribution in [0.1, 0.15) is 57.5 Å². The second-order valence-electron chi connectivity index (χ2n) is 8.79. The number of alkyl halides is 3. The van der Waals surface area contributed by atoms with Gasteiger partial charge in [0.1, 0.15) is 18.1 Å². The lowest BCUT2D eigenvalue weighted by Gasteiger charge is -2.15. The number of aromatic carboxylic acids is 1. The minimum atomic E-state index is -4.94. The Bertz CT molecular complexity index is 1550. The van der Waals surface area contributed by atoms with Gasteiger partial charge in [-0.2, -0.15) is 13.2 Å². The maximum Gasteiger partial charge on any atom is 0.435 e. The Hall–Kier alpha value is -4.09. The number of carboxylic acid groups (broad SMARTS) is 1. The lowest BCUT2D eigenvalue weighted by molar-refractivity contribution is -0.140. The Morgan fingerprint density at radius 2 is 1.65 bits per heavy atom. The smallest absolute Gasteiger partial charge is 0.435 e. The molecule has 2 aromatic heterocycles. The molecule has 8 nitrogen and oxygen atoms in total. The van der Waals surface area contributed by atoms with E-state index in [2.05, 4.69) is 15.5 Å². The number of carbonyl (C=O) groups excluding carboxylic acids is 1. The molecule has 0 aliphatic rings. The maximum absolute atomic E-state index is 13.9. The van der Waals surface area contributed by atoms with Crippen LogP contribution in [0.2, 0.25) is 10.0 Å². The van der Waals surface area contributed by atoms with Gasteiger partial charge in [0.15, 0.2) is 5.69 Å². The standard InChI is InChI=1S/C27H20Cl2F3N3O5/c1-13(2)23-16(22(35-40-23)21-17(28)4-3-5-18(21)29)12-39-20-11-10-19(24(34-20)27(30,31)32)33-25(36)14-6-8-15(9-7-14)26(37)38/h3-11,13H,12H2,1-2H3,(H,33,36)(H,37,38). The summed E-state index contributed by atoms with van der Waals surface area (Å²) in [5.74, 6) is -2.19. The lowest BCUT2D eigenvalue weighted by Crippen LogP contribution is -2.18. The summed E-state index contributed by atoms with van der Waals surface area (Å²) in [7, 11) is 0. The van der Waals surface area contributed by atoms with Gasteiger partial charge in [-0.3, -0.25) is 4.79 Å². The molecule has 0 spiro atoms. The molecule has 40 heavy (non-hydrogen) atoms. The largest absolute Gasteiger partial charge is 0.478 e. The molecule has 1 amide bonds. The normalized spacial score (nSPS) is 11.5. The SMILES string of the molecule is CC(C)c1onc(-c2c(Cl)cccc2Cl)c1COc1ccc(NC(=O)c2ccc(C(=O)O)cc2)c(C(F)(F)F)n1. The predicted molar refractivity (Wildman–Crippen MR) is 141 cm³/mol. The van der Waals surface area contributed by atoms with Crippen molar-refractivity contribution in [2.24, 2.45) is 0 Å². The summed E-state index contributed by atoms with van der Waals surface area (Å²) < 4.78 is 52.8. The number of amides is 1. The van der Waals surface area contributed by atoms with Crippen LogP contribution in [0.4, 0.5) is 18.9 Å². The molecule has 0 atom stereocenters. The molecule has 0 fully saturated rings. The van der Waals surface area contributed by atoms with Crippen LogP contribution in [-0.4, -0.2) is 27.1 Å². The fourth-order valence-electron chi connectivity index (χ4n) is 3.78. The van der Waals surface area contributed by atoms with E-state index in [0.717, 1.165) is 18.2 Å². The van der Waals surface area contributed by atoms with Gasteiger partial charge in [-0.1, -0.05) is 48.3 Å². The number of rotatable bonds is 8. The molecule has 2 heterocycles. The number of nitrogens with zero attached hydrogens (tertiary/aromatic N) is 2. The Balaban J connectivity index is 1.62. The minimum absolute atomic E-state index is 0.0436. The first-order chi connectivity index (χ1) is 18.9. The van der Waals surface area contributed by atoms with Crippen LogP contribution in [-0.2, 0) is 12.8 Å². The third-order valence-corrected chi connectivity index (χ3v) is 6.32. The van der Waals surface area contributed by atoms with E-state index in [1.165, 1.54) is 18.2 Å². The number of aromatic nitrogens is 2. The Labute approximate surface area is 235 Å². The van der Waals surface area contributed by atoms with Crippen molar-refractivity contribution in [3.05, 3.63) is 92.8 Å². The highest BCUT2D eigenvalue weighted by molar-refractivity contribution is 6.39. The van der Waals surface area contributed by atoms with E-state index < -0.39 is 29.4 Å². The molecule has 13 heteroatoms. The Morgan fingerprint density at radius 3 is 2.23 bits per heavy atom. The minimum Gasteiger partial charge on any atom is -0.478 e. The second-order valence-corrected chi connectivity index (χ2v) is 9.61. The molecule has 4 rings (SSSR count). The van der Waals surface area contributed by atoms with E-state index >= 15 is 0 Å². The van der Waals surface area contributed by atoms with Crippen molar-refractivity contribution >= 4 is 40.8 Å². The third kappa shape index (κ3) is 6.21. The van der Waals surface area contributed by atoms with Crippen molar-refractivity contribution in [1.29, 1.82) is 0 Å². The summed E-state index contributed by atoms with van der Waals surface area (Å²) in [4.78, 5) is 27.1. The van der Waals surface area contributed by atoms with Gasteiger partial charge in [0.05, 0.1) is 26.9 Å². The van der Waals surface area contributed by atoms with Gasteiger partial charge in [-0.15, -0.1) is 0 Å². The maximum atomic E-state index is 13.9. The fourth-order valence-corrected chi connectivity index (χ4v) is 4.36. The zero-order valence-corrected chi connectivity index (χ0v) is 22.4. The van der Waals surface area contributed by atoms with E-state index in [4.69, 9.17) is 37.6 Å². The second kappa shape index (κ2) is 11.6. The van der Waals surface area contributed by atoms with Crippen molar-refractivity contribution in [2.45, 2.75) is 32.5 Å². The summed E-state index contributed by atoms with van der Waals surface area (Å²) in [6.45, 7) is 3.42. The van der Waals surface area contributed by atoms with E-state index in [1.54, 1.807) is 18.2 Å². The van der Waals surface area contributed by atoms with Crippen LogP contribution < -0.4 is 10.1 Å². The van der Waals surface area contributed by atoms with E-state index in [9.17, 15) is 22.8 Å². The Morgan fingerprint density at radius 1 is 1.02 bits per heavy atom. The van der Waals surface area contributed by atoms with E-state index in [-0.39, 0.29) is 35.2 Å². The average molecular weight is 594 g/mol. The predicted octanol–water partition coefficient (Wildman–Crippen LogP) is 7.72. The molecule has 0 saturated heterocycles. The summed E-state index contributed by atoms with van der Waals surface area (Å²) in [5.41, 5.74) is -1.01. The summed E-state index contributed by atoms with van der Waals surface area (Å²) in [6.07, 6.45) is -4.94. The number of hydrogen-bond acceptors (Lipinski definition) is 6. The number of pyridine rings is 1. The molecule has 2 aromatic carbocycles. The first kappa shape index (κ1) is 28.9. The number of hydrogen-bond donors (Lipinski definition) is 2. The molecular formula is C27H20Cl2F3N3O5. The van der Waals surface area contributed by atoms with Gasteiger partial charge >= 0.3 is 12.1 Å². The highest BCUT2D eigenvalue weighted by Gasteiger charge is 2.37. The van der Waals surface area contributed by atoms with Crippen LogP contribution >= 0.6 is 23.2 Å². The molecule has 4 aromatic rings. The van der Waals surface area contributed by atoms with E-state index in [0.29, 0.717) is 26.9 Å². The molecule has 0 radical (unpaired) electrons. The number of anilines is 1. The van der Waals surface area contributed by atoms with Crippen molar-refractivity contribution in [3.63, 3.8) is 0 Å². The summed E-state index contributed by atoms with van der Waals surface area (Å²) in [6, 6.07) is 11.8. The molecule has 2 N–H and O–H groups in total. The number of benzene rings is 2. The van der Waals surface area contributed by atoms with Gasteiger partial charge in [0, 0.05) is 23.1 Å². The van der Waals surface area contributed by atoms with Gasteiger partial charge in [0.25, 0.3) is 5.91 Å². The zero-order valence-electron chi connectivity index (χ0n) is 20.8. The molecular weight excluding hydrogens is 574 g/mol. The molecule has 0 unspecified atom stereocenters. The van der Waals surface area contributed by atoms with Crippen LogP contribution in [0.25, 0.3) is 11.3 Å². The lowest BCUT2D eigenvalue weighted by atomic mass is 10.0. The summed E-state index contributed by atoms with van der Waals surface area (Å²) in [5, 5.41) is 15.8. The van der Waals surface area contributed by atoms with Crippen LogP contribution in [0, 0.1) is 0 Å². The number of nitrogens with one attached hydrogen (secondary N) is 1. The molecule has 0 saturated carbocycles. The Kier molecular flexibility index (Phi) is 8.36. The quantitative estimate of drug-likeness (QED) is 0.215. The first-order valence-corrected chi connectivity index (χ1v) is 12.4. The van der Waals surface area contributed by atoms with E-state index in [1.807, 2.05) is 13.8 Å². The molecule has 0 aliphatic carbocycles. The fraction of sp³-hybridized carbons (Fsp3) is 0.185. The highest BCUT2D eigenvalue weighted by atomic mass is 35.5. The van der Waals surface area contributed by atoms with Crippen molar-refractivity contribution in [3.8, 4) is 17.1 Å². The van der Waals surface area contributed by atoms with Gasteiger partial charge in [-0.25, -0.2) is 9.78 Å². The first-order valence-electron chi connectivity index (χ1n) is 11.7. The summed E-state index contributed by atoms with van der Waals surface area (Å²) >= 11 is 12.7. The highest BCUT2D eigenvalue weighted by Crippen LogP contribution is 2.39. The monoisotopic (exact) mass is 593 g/mol. The topological polar surface area (TPSA) is 115 Å². The molecule has 0 bridgehead atoms. The number of ether oxygens (including phenoxy) is 1. The number of carboxylic acids is 1. The molecule has 208 valence electrons. The average Bonchev–Trinajstić information content (AvgIpc) is 3.31. The van der Waals surface area contributed by atoms with Crippen molar-refractivity contribution in [1.82, 2.24) is 10.1 Å². The number of carbonyl (C=O) groups is 2. The number of halogens is 5. The third-order valence-electron chi connectivity index (χ3n) is 5.69. The van der Waals surface area contributed by atoms with Gasteiger partial charge < -0.3 is 19.7 Å². The van der Waals surface area contributed by atoms with Crippen molar-refractivity contribution in [2.75, 3.05) is 5.32 Å². The molecule has 0 aliphatic heterocycles. The zero-order chi connectivity index (χ0) is 29.2. The van der Waals surface area contributed by atoms with Crippen LogP contribution in [0.5, 0.6) is 5.88 Å². The van der Waals surface area contributed by atoms with Gasteiger partial charge in [-0.05, 0) is 42.5 Å². The van der Waals surface area contributed by atoms with Crippen molar-refractivity contribution < 1.29 is 37.1 Å². The van der Waals surface area contributed by atoms with Crippen LogP contribution in [0.15, 0.2) is 59.1 Å².